The predicted molar refractivity (Wildman–Crippen MR) is 119 cm³/mol. The Morgan fingerprint density at radius 1 is 0.967 bits per heavy atom. The van der Waals surface area contributed by atoms with Gasteiger partial charge in [0.25, 0.3) is 0 Å². The van der Waals surface area contributed by atoms with Crippen molar-refractivity contribution in [3.8, 4) is 28.5 Å². The van der Waals surface area contributed by atoms with Crippen LogP contribution in [0.1, 0.15) is 11.5 Å². The van der Waals surface area contributed by atoms with Gasteiger partial charge in [-0.05, 0) is 30.5 Å². The monoisotopic (exact) mass is 431 g/mol. The fraction of sp³-hybridized carbons (Fsp3) is 0.0909. The van der Waals surface area contributed by atoms with Crippen LogP contribution in [0.15, 0.2) is 81.1 Å². The number of nitrogens with zero attached hydrogens (tertiary/aromatic N) is 5. The van der Waals surface area contributed by atoms with Gasteiger partial charge in [-0.25, -0.2) is 0 Å². The topological polar surface area (TPSA) is 69.6 Å². The van der Waals surface area contributed by atoms with Crippen molar-refractivity contribution in [3.63, 3.8) is 0 Å². The molecule has 30 heavy (non-hydrogen) atoms. The lowest BCUT2D eigenvalue weighted by Crippen LogP contribution is -2.00. The summed E-state index contributed by atoms with van der Waals surface area (Å²) in [5.74, 6) is 2.47. The zero-order valence-corrected chi connectivity index (χ0v) is 17.7. The molecule has 0 aliphatic heterocycles. The van der Waals surface area contributed by atoms with E-state index in [2.05, 4.69) is 56.1 Å². The maximum atomic E-state index is 5.43. The second-order valence-corrected chi connectivity index (χ2v) is 8.38. The number of aryl methyl sites for hydroxylation is 1. The quantitative estimate of drug-likeness (QED) is 0.324. The molecular weight excluding hydrogens is 414 g/mol. The van der Waals surface area contributed by atoms with Gasteiger partial charge in [0.15, 0.2) is 11.0 Å². The van der Waals surface area contributed by atoms with Crippen LogP contribution < -0.4 is 0 Å². The SMILES string of the molecule is Cc1ccc(-n2c(SCc3nc(-c4ccsc4)no3)nnc2-c2ccccc2)cc1. The Morgan fingerprint density at radius 3 is 2.57 bits per heavy atom. The molecule has 0 atom stereocenters. The molecule has 0 spiro atoms. The predicted octanol–water partition coefficient (Wildman–Crippen LogP) is 5.65. The van der Waals surface area contributed by atoms with E-state index >= 15 is 0 Å². The molecule has 2 aromatic carbocycles. The second-order valence-electron chi connectivity index (χ2n) is 6.66. The molecule has 0 unspecified atom stereocenters. The van der Waals surface area contributed by atoms with E-state index in [1.807, 2.05) is 47.2 Å². The minimum atomic E-state index is 0.510. The zero-order valence-electron chi connectivity index (χ0n) is 16.1. The third-order valence-electron chi connectivity index (χ3n) is 4.53. The van der Waals surface area contributed by atoms with Crippen molar-refractivity contribution in [2.45, 2.75) is 17.8 Å². The van der Waals surface area contributed by atoms with E-state index in [4.69, 9.17) is 4.52 Å². The Morgan fingerprint density at radius 2 is 1.80 bits per heavy atom. The van der Waals surface area contributed by atoms with E-state index in [9.17, 15) is 0 Å². The maximum absolute atomic E-state index is 5.43. The van der Waals surface area contributed by atoms with Crippen LogP contribution in [0.3, 0.4) is 0 Å². The smallest absolute Gasteiger partial charge is 0.237 e. The van der Waals surface area contributed by atoms with Crippen molar-refractivity contribution in [1.29, 1.82) is 0 Å². The third-order valence-corrected chi connectivity index (χ3v) is 6.13. The zero-order chi connectivity index (χ0) is 20.3. The molecule has 0 bridgehead atoms. The minimum Gasteiger partial charge on any atom is -0.338 e. The molecule has 3 aromatic heterocycles. The molecule has 5 aromatic rings. The van der Waals surface area contributed by atoms with Crippen LogP contribution in [0.2, 0.25) is 0 Å². The molecule has 0 fully saturated rings. The number of aromatic nitrogens is 5. The van der Waals surface area contributed by atoms with Crippen LogP contribution in [-0.2, 0) is 5.75 Å². The van der Waals surface area contributed by atoms with Crippen LogP contribution >= 0.6 is 23.1 Å². The van der Waals surface area contributed by atoms with Gasteiger partial charge in [-0.1, -0.05) is 64.9 Å². The highest BCUT2D eigenvalue weighted by molar-refractivity contribution is 7.98. The highest BCUT2D eigenvalue weighted by Gasteiger charge is 2.17. The normalized spacial score (nSPS) is 11.1. The molecule has 0 aliphatic carbocycles. The lowest BCUT2D eigenvalue weighted by atomic mass is 10.2. The van der Waals surface area contributed by atoms with Gasteiger partial charge in [-0.2, -0.15) is 16.3 Å². The van der Waals surface area contributed by atoms with Crippen molar-refractivity contribution >= 4 is 23.1 Å². The van der Waals surface area contributed by atoms with Crippen molar-refractivity contribution in [2.24, 2.45) is 0 Å². The lowest BCUT2D eigenvalue weighted by molar-refractivity contribution is 0.391. The fourth-order valence-corrected chi connectivity index (χ4v) is 4.44. The van der Waals surface area contributed by atoms with Gasteiger partial charge >= 0.3 is 0 Å². The first-order valence-electron chi connectivity index (χ1n) is 9.34. The molecular formula is C22H17N5OS2. The standard InChI is InChI=1S/C22H17N5OS2/c1-15-7-9-18(10-8-15)27-21(16-5-3-2-4-6-16)24-25-22(27)30-14-19-23-20(26-28-19)17-11-12-29-13-17/h2-13H,14H2,1H3. The van der Waals surface area contributed by atoms with E-state index in [0.29, 0.717) is 17.5 Å². The van der Waals surface area contributed by atoms with E-state index < -0.39 is 0 Å². The van der Waals surface area contributed by atoms with Gasteiger partial charge in [0.1, 0.15) is 0 Å². The van der Waals surface area contributed by atoms with Gasteiger partial charge in [0.05, 0.1) is 5.75 Å². The van der Waals surface area contributed by atoms with Gasteiger partial charge in [0.2, 0.25) is 11.7 Å². The van der Waals surface area contributed by atoms with Crippen molar-refractivity contribution in [2.75, 3.05) is 0 Å². The molecule has 0 aliphatic rings. The van der Waals surface area contributed by atoms with Gasteiger partial charge in [-0.15, -0.1) is 10.2 Å². The largest absolute Gasteiger partial charge is 0.338 e. The summed E-state index contributed by atoms with van der Waals surface area (Å²) < 4.78 is 7.49. The van der Waals surface area contributed by atoms with Crippen LogP contribution in [0.25, 0.3) is 28.5 Å². The molecule has 0 N–H and O–H groups in total. The molecule has 3 heterocycles. The van der Waals surface area contributed by atoms with Crippen LogP contribution in [0, 0.1) is 6.92 Å². The number of hydrogen-bond donors (Lipinski definition) is 0. The number of rotatable bonds is 6. The molecule has 8 heteroatoms. The highest BCUT2D eigenvalue weighted by atomic mass is 32.2. The molecule has 0 amide bonds. The second kappa shape index (κ2) is 8.25. The lowest BCUT2D eigenvalue weighted by Gasteiger charge is -2.10. The number of benzene rings is 2. The highest BCUT2D eigenvalue weighted by Crippen LogP contribution is 2.30. The molecule has 0 saturated heterocycles. The Labute approximate surface area is 181 Å². The van der Waals surface area contributed by atoms with Gasteiger partial charge < -0.3 is 4.52 Å². The first kappa shape index (κ1) is 18.8. The molecule has 0 radical (unpaired) electrons. The number of thiophene rings is 1. The summed E-state index contributed by atoms with van der Waals surface area (Å²) in [6.07, 6.45) is 0. The number of hydrogen-bond acceptors (Lipinski definition) is 7. The maximum Gasteiger partial charge on any atom is 0.237 e. The first-order valence-corrected chi connectivity index (χ1v) is 11.3. The van der Waals surface area contributed by atoms with E-state index in [1.54, 1.807) is 11.3 Å². The van der Waals surface area contributed by atoms with Gasteiger partial charge in [-0.3, -0.25) is 4.57 Å². The summed E-state index contributed by atoms with van der Waals surface area (Å²) in [5, 5.41) is 17.8. The Bertz CT molecular complexity index is 1240. The molecule has 5 rings (SSSR count). The van der Waals surface area contributed by atoms with Crippen LogP contribution in [0.5, 0.6) is 0 Å². The van der Waals surface area contributed by atoms with E-state index in [-0.39, 0.29) is 0 Å². The summed E-state index contributed by atoms with van der Waals surface area (Å²) in [6.45, 7) is 2.07. The first-order chi connectivity index (χ1) is 14.8. The van der Waals surface area contributed by atoms with Crippen molar-refractivity contribution < 1.29 is 4.52 Å². The third kappa shape index (κ3) is 3.79. The fourth-order valence-electron chi connectivity index (χ4n) is 3.01. The Kier molecular flexibility index (Phi) is 5.17. The summed E-state index contributed by atoms with van der Waals surface area (Å²) in [4.78, 5) is 4.50. The summed E-state index contributed by atoms with van der Waals surface area (Å²) >= 11 is 3.13. The minimum absolute atomic E-state index is 0.510. The van der Waals surface area contributed by atoms with E-state index in [0.717, 1.165) is 27.8 Å². The average molecular weight is 432 g/mol. The van der Waals surface area contributed by atoms with E-state index in [1.165, 1.54) is 17.3 Å². The molecule has 0 saturated carbocycles. The van der Waals surface area contributed by atoms with Crippen LogP contribution in [0.4, 0.5) is 0 Å². The number of thioether (sulfide) groups is 1. The van der Waals surface area contributed by atoms with Gasteiger partial charge in [0, 0.05) is 22.2 Å². The average Bonchev–Trinajstić information content (AvgIpc) is 3.53. The Balaban J connectivity index is 1.46. The summed E-state index contributed by atoms with van der Waals surface area (Å²) in [5.41, 5.74) is 4.19. The Hall–Kier alpha value is -3.23. The van der Waals surface area contributed by atoms with Crippen LogP contribution in [-0.4, -0.2) is 24.9 Å². The summed E-state index contributed by atoms with van der Waals surface area (Å²) in [6, 6.07) is 20.4. The van der Waals surface area contributed by atoms with Crippen molar-refractivity contribution in [3.05, 3.63) is 82.9 Å². The molecule has 6 nitrogen and oxygen atoms in total. The molecule has 148 valence electrons. The summed E-state index contributed by atoms with van der Waals surface area (Å²) in [7, 11) is 0. The van der Waals surface area contributed by atoms with Crippen molar-refractivity contribution in [1.82, 2.24) is 24.9 Å².